The molecule has 0 aromatic rings. The van der Waals surface area contributed by atoms with Crippen LogP contribution >= 0.6 is 15.9 Å². The van der Waals surface area contributed by atoms with Crippen molar-refractivity contribution in [1.82, 2.24) is 0 Å². The Kier molecular flexibility index (Phi) is 3.24. The molecule has 0 aromatic carbocycles. The Morgan fingerprint density at radius 1 is 1.62 bits per heavy atom. The predicted octanol–water partition coefficient (Wildman–Crippen LogP) is 0.100. The van der Waals surface area contributed by atoms with Crippen LogP contribution in [0.2, 0.25) is 0 Å². The lowest BCUT2D eigenvalue weighted by molar-refractivity contribution is -0.135. The molecule has 4 nitrogen and oxygen atoms in total. The monoisotopic (exact) mass is 248 g/mol. The molecule has 0 heterocycles. The van der Waals surface area contributed by atoms with Gasteiger partial charge in [0.1, 0.15) is 12.2 Å². The third kappa shape index (κ3) is 1.99. The van der Waals surface area contributed by atoms with Gasteiger partial charge >= 0.3 is 5.97 Å². The highest BCUT2D eigenvalue weighted by Crippen LogP contribution is 2.25. The van der Waals surface area contributed by atoms with Gasteiger partial charge in [-0.05, 0) is 6.08 Å². The number of aliphatic hydroxyl groups is 2. The third-order valence-electron chi connectivity index (χ3n) is 1.71. The first-order valence-electron chi connectivity index (χ1n) is 3.60. The van der Waals surface area contributed by atoms with Gasteiger partial charge in [0.05, 0.1) is 12.7 Å². The highest BCUT2D eigenvalue weighted by Gasteiger charge is 2.26. The smallest absolute Gasteiger partial charge is 0.338 e. The number of hydrogen-bond donors (Lipinski definition) is 2. The van der Waals surface area contributed by atoms with Gasteiger partial charge in [-0.1, -0.05) is 22.0 Å². The van der Waals surface area contributed by atoms with E-state index in [0.29, 0.717) is 0 Å². The Morgan fingerprint density at radius 2 is 2.23 bits per heavy atom. The summed E-state index contributed by atoms with van der Waals surface area (Å²) in [6, 6.07) is 0. The van der Waals surface area contributed by atoms with Crippen molar-refractivity contribution in [2.75, 3.05) is 7.11 Å². The molecule has 72 valence electrons. The Labute approximate surface area is 83.6 Å². The van der Waals surface area contributed by atoms with Gasteiger partial charge < -0.3 is 14.9 Å². The average Bonchev–Trinajstić information content (AvgIpc) is 2.13. The van der Waals surface area contributed by atoms with Crippen LogP contribution in [0.25, 0.3) is 0 Å². The Hall–Kier alpha value is -0.650. The molecule has 0 amide bonds. The Balaban J connectivity index is 2.97. The molecule has 0 radical (unpaired) electrons. The Bertz CT molecular complexity index is 282. The second-order valence-corrected chi connectivity index (χ2v) is 3.40. The van der Waals surface area contributed by atoms with E-state index in [2.05, 4.69) is 20.7 Å². The molecule has 1 rings (SSSR count). The van der Waals surface area contributed by atoms with Crippen molar-refractivity contribution in [3.8, 4) is 0 Å². The Morgan fingerprint density at radius 3 is 2.77 bits per heavy atom. The van der Waals surface area contributed by atoms with Crippen molar-refractivity contribution in [3.63, 3.8) is 0 Å². The van der Waals surface area contributed by atoms with E-state index < -0.39 is 18.2 Å². The first-order chi connectivity index (χ1) is 6.07. The molecule has 1 aliphatic rings. The van der Waals surface area contributed by atoms with Crippen molar-refractivity contribution in [1.29, 1.82) is 0 Å². The van der Waals surface area contributed by atoms with E-state index in [9.17, 15) is 9.90 Å². The highest BCUT2D eigenvalue weighted by atomic mass is 79.9. The first-order valence-corrected chi connectivity index (χ1v) is 4.39. The van der Waals surface area contributed by atoms with Gasteiger partial charge in [0, 0.05) is 4.48 Å². The van der Waals surface area contributed by atoms with E-state index in [-0.39, 0.29) is 10.1 Å². The minimum absolute atomic E-state index is 0.223. The number of rotatable bonds is 1. The van der Waals surface area contributed by atoms with Crippen molar-refractivity contribution in [3.05, 3.63) is 22.2 Å². The maximum Gasteiger partial charge on any atom is 0.338 e. The number of ether oxygens (including phenoxy) is 1. The lowest BCUT2D eigenvalue weighted by atomic mass is 10.0. The van der Waals surface area contributed by atoms with Crippen LogP contribution in [0.5, 0.6) is 0 Å². The molecule has 0 aromatic heterocycles. The molecule has 0 saturated heterocycles. The summed E-state index contributed by atoms with van der Waals surface area (Å²) in [4.78, 5) is 11.1. The van der Waals surface area contributed by atoms with Gasteiger partial charge in [-0.3, -0.25) is 0 Å². The first kappa shape index (κ1) is 10.4. The SMILES string of the molecule is COC(=O)C1=C(Br)C(O)C(O)C=C1. The fraction of sp³-hybridized carbons (Fsp3) is 0.375. The summed E-state index contributed by atoms with van der Waals surface area (Å²) >= 11 is 3.02. The van der Waals surface area contributed by atoms with Gasteiger partial charge in [-0.2, -0.15) is 0 Å². The standard InChI is InChI=1S/C8H9BrO4/c1-13-8(12)4-2-3-5(10)7(11)6(4)9/h2-3,5,7,10-11H,1H3. The molecule has 2 unspecified atom stereocenters. The normalized spacial score (nSPS) is 27.7. The fourth-order valence-electron chi connectivity index (χ4n) is 0.964. The number of halogens is 1. The number of hydrogen-bond acceptors (Lipinski definition) is 4. The van der Waals surface area contributed by atoms with E-state index in [1.165, 1.54) is 19.3 Å². The van der Waals surface area contributed by atoms with E-state index in [1.54, 1.807) is 0 Å². The summed E-state index contributed by atoms with van der Waals surface area (Å²) in [5.74, 6) is -0.547. The van der Waals surface area contributed by atoms with Gasteiger partial charge in [-0.15, -0.1) is 0 Å². The van der Waals surface area contributed by atoms with Crippen LogP contribution in [-0.2, 0) is 9.53 Å². The number of esters is 1. The highest BCUT2D eigenvalue weighted by molar-refractivity contribution is 9.11. The van der Waals surface area contributed by atoms with Gasteiger partial charge in [0.15, 0.2) is 0 Å². The van der Waals surface area contributed by atoms with Crippen LogP contribution in [0.3, 0.4) is 0 Å². The molecular formula is C8H9BrO4. The molecule has 0 spiro atoms. The van der Waals surface area contributed by atoms with Crippen molar-refractivity contribution >= 4 is 21.9 Å². The van der Waals surface area contributed by atoms with E-state index in [0.717, 1.165) is 0 Å². The lowest BCUT2D eigenvalue weighted by Gasteiger charge is -2.19. The van der Waals surface area contributed by atoms with E-state index in [4.69, 9.17) is 5.11 Å². The largest absolute Gasteiger partial charge is 0.465 e. The lowest BCUT2D eigenvalue weighted by Crippen LogP contribution is -2.28. The molecule has 0 aliphatic heterocycles. The molecule has 2 N–H and O–H groups in total. The van der Waals surface area contributed by atoms with Crippen molar-refractivity contribution in [2.24, 2.45) is 0 Å². The van der Waals surface area contributed by atoms with E-state index >= 15 is 0 Å². The van der Waals surface area contributed by atoms with Crippen LogP contribution in [0.4, 0.5) is 0 Å². The summed E-state index contributed by atoms with van der Waals surface area (Å²) in [5.41, 5.74) is 0.223. The number of aliphatic hydroxyl groups excluding tert-OH is 2. The zero-order valence-corrected chi connectivity index (χ0v) is 8.48. The second-order valence-electron chi connectivity index (χ2n) is 2.55. The van der Waals surface area contributed by atoms with Crippen LogP contribution in [0.15, 0.2) is 22.2 Å². The zero-order chi connectivity index (χ0) is 10.0. The summed E-state index contributed by atoms with van der Waals surface area (Å²) in [6.07, 6.45) is 0.663. The topological polar surface area (TPSA) is 66.8 Å². The maximum atomic E-state index is 11.1. The molecule has 0 fully saturated rings. The molecule has 13 heavy (non-hydrogen) atoms. The third-order valence-corrected chi connectivity index (χ3v) is 2.60. The minimum atomic E-state index is -1.10. The quantitative estimate of drug-likeness (QED) is 0.647. The van der Waals surface area contributed by atoms with Crippen molar-refractivity contribution < 1.29 is 19.7 Å². The molecular weight excluding hydrogens is 240 g/mol. The summed E-state index contributed by atoms with van der Waals surface area (Å²) in [6.45, 7) is 0. The van der Waals surface area contributed by atoms with Crippen LogP contribution in [-0.4, -0.2) is 35.5 Å². The van der Waals surface area contributed by atoms with Crippen LogP contribution in [0.1, 0.15) is 0 Å². The predicted molar refractivity (Wildman–Crippen MR) is 49.1 cm³/mol. The van der Waals surface area contributed by atoms with Crippen molar-refractivity contribution in [2.45, 2.75) is 12.2 Å². The molecule has 5 heteroatoms. The summed E-state index contributed by atoms with van der Waals surface area (Å²) < 4.78 is 4.72. The number of carbonyl (C=O) groups excluding carboxylic acids is 1. The minimum Gasteiger partial charge on any atom is -0.465 e. The summed E-state index contributed by atoms with van der Waals surface area (Å²) in [7, 11) is 1.25. The second kappa shape index (κ2) is 4.04. The zero-order valence-electron chi connectivity index (χ0n) is 6.90. The van der Waals surface area contributed by atoms with Crippen LogP contribution in [0, 0.1) is 0 Å². The average molecular weight is 249 g/mol. The number of methoxy groups -OCH3 is 1. The molecule has 0 saturated carbocycles. The molecule has 1 aliphatic carbocycles. The maximum absolute atomic E-state index is 11.1. The van der Waals surface area contributed by atoms with E-state index in [1.807, 2.05) is 0 Å². The van der Waals surface area contributed by atoms with Gasteiger partial charge in [0.25, 0.3) is 0 Å². The summed E-state index contributed by atoms with van der Waals surface area (Å²) in [5, 5.41) is 18.5. The molecule has 2 atom stereocenters. The van der Waals surface area contributed by atoms with Gasteiger partial charge in [0.2, 0.25) is 0 Å². The number of carbonyl (C=O) groups is 1. The molecule has 0 bridgehead atoms. The van der Waals surface area contributed by atoms with Gasteiger partial charge in [-0.25, -0.2) is 4.79 Å². The fourth-order valence-corrected chi connectivity index (χ4v) is 1.53. The van der Waals surface area contributed by atoms with Crippen LogP contribution < -0.4 is 0 Å².